The van der Waals surface area contributed by atoms with E-state index in [9.17, 15) is 0 Å². The second-order valence-corrected chi connectivity index (χ2v) is 4.05. The Kier molecular flexibility index (Phi) is 5.56. The van der Waals surface area contributed by atoms with Crippen LogP contribution in [-0.2, 0) is 0 Å². The molecule has 0 aliphatic carbocycles. The van der Waals surface area contributed by atoms with Crippen LogP contribution in [0.5, 0.6) is 0 Å². The Morgan fingerprint density at radius 2 is 1.78 bits per heavy atom. The van der Waals surface area contributed by atoms with Crippen molar-refractivity contribution in [2.75, 3.05) is 0 Å². The average Bonchev–Trinajstić information content (AvgIpc) is 1.87. The summed E-state index contributed by atoms with van der Waals surface area (Å²) in [5.74, 6) is 0.884. The minimum atomic E-state index is 0.743. The Balaban J connectivity index is 3.22. The molecule has 0 aromatic carbocycles. The van der Waals surface area contributed by atoms with E-state index in [-0.39, 0.29) is 0 Å². The molecule has 0 N–H and O–H groups in total. The number of rotatable bonds is 4. The zero-order valence-electron chi connectivity index (χ0n) is 6.65. The molecule has 0 spiro atoms. The summed E-state index contributed by atoms with van der Waals surface area (Å²) in [7, 11) is 0. The predicted molar refractivity (Wildman–Crippen MR) is 47.1 cm³/mol. The summed E-state index contributed by atoms with van der Waals surface area (Å²) in [4.78, 5) is 0.743. The monoisotopic (exact) mass is 192 g/mol. The quantitative estimate of drug-likeness (QED) is 0.598. The van der Waals surface area contributed by atoms with E-state index in [0.717, 1.165) is 10.7 Å². The van der Waals surface area contributed by atoms with Gasteiger partial charge in [-0.05, 0) is 18.8 Å². The fraction of sp³-hybridized carbons (Fsp3) is 1.00. The molecule has 0 aliphatic heterocycles. The van der Waals surface area contributed by atoms with E-state index >= 15 is 0 Å². The van der Waals surface area contributed by atoms with Crippen LogP contribution in [0.25, 0.3) is 0 Å². The van der Waals surface area contributed by atoms with Crippen LogP contribution in [0, 0.1) is 5.92 Å². The normalized spacial score (nSPS) is 17.3. The second kappa shape index (κ2) is 5.28. The largest absolute Gasteiger partial charge is 0.0891 e. The molecule has 0 rings (SSSR count). The Labute approximate surface area is 67.2 Å². The molecule has 0 aromatic heterocycles. The van der Waals surface area contributed by atoms with Gasteiger partial charge in [0.15, 0.2) is 0 Å². The van der Waals surface area contributed by atoms with E-state index in [2.05, 4.69) is 36.7 Å². The van der Waals surface area contributed by atoms with Gasteiger partial charge in [-0.3, -0.25) is 0 Å². The Hall–Kier alpha value is 0.480. The highest BCUT2D eigenvalue weighted by Crippen LogP contribution is 2.17. The lowest BCUT2D eigenvalue weighted by Crippen LogP contribution is -2.02. The molecule has 0 nitrogen and oxygen atoms in total. The highest BCUT2D eigenvalue weighted by molar-refractivity contribution is 9.09. The summed E-state index contributed by atoms with van der Waals surface area (Å²) >= 11 is 3.62. The lowest BCUT2D eigenvalue weighted by atomic mass is 10.0. The van der Waals surface area contributed by atoms with E-state index in [4.69, 9.17) is 0 Å². The summed E-state index contributed by atoms with van der Waals surface area (Å²) in [6.07, 6.45) is 3.89. The van der Waals surface area contributed by atoms with Gasteiger partial charge in [-0.2, -0.15) is 0 Å². The van der Waals surface area contributed by atoms with E-state index in [1.165, 1.54) is 19.3 Å². The first-order chi connectivity index (χ1) is 4.20. The van der Waals surface area contributed by atoms with Crippen LogP contribution in [0.2, 0.25) is 0 Å². The highest BCUT2D eigenvalue weighted by Gasteiger charge is 2.05. The van der Waals surface area contributed by atoms with Crippen molar-refractivity contribution in [1.29, 1.82) is 0 Å². The van der Waals surface area contributed by atoms with Gasteiger partial charge in [0.2, 0.25) is 0 Å². The van der Waals surface area contributed by atoms with Crippen LogP contribution < -0.4 is 0 Å². The summed E-state index contributed by atoms with van der Waals surface area (Å²) in [6, 6.07) is 0. The van der Waals surface area contributed by atoms with Gasteiger partial charge in [-0.1, -0.05) is 43.1 Å². The molecule has 2 unspecified atom stereocenters. The number of hydrogen-bond acceptors (Lipinski definition) is 0. The molecule has 0 aromatic rings. The van der Waals surface area contributed by atoms with Crippen molar-refractivity contribution in [2.45, 2.75) is 44.9 Å². The van der Waals surface area contributed by atoms with E-state index in [1.807, 2.05) is 0 Å². The first-order valence-electron chi connectivity index (χ1n) is 3.84. The molecular weight excluding hydrogens is 176 g/mol. The zero-order chi connectivity index (χ0) is 7.28. The van der Waals surface area contributed by atoms with Crippen LogP contribution in [0.3, 0.4) is 0 Å². The maximum atomic E-state index is 3.62. The molecule has 56 valence electrons. The molecule has 1 heteroatoms. The third-order valence-corrected chi connectivity index (χ3v) is 2.82. The van der Waals surface area contributed by atoms with E-state index < -0.39 is 0 Å². The third kappa shape index (κ3) is 4.95. The average molecular weight is 193 g/mol. The summed E-state index contributed by atoms with van der Waals surface area (Å²) in [5, 5.41) is 0. The van der Waals surface area contributed by atoms with Gasteiger partial charge in [-0.15, -0.1) is 0 Å². The molecule has 2 atom stereocenters. The van der Waals surface area contributed by atoms with Crippen molar-refractivity contribution in [3.8, 4) is 0 Å². The van der Waals surface area contributed by atoms with Gasteiger partial charge < -0.3 is 0 Å². The van der Waals surface area contributed by atoms with Gasteiger partial charge in [0.1, 0.15) is 0 Å². The van der Waals surface area contributed by atoms with Crippen molar-refractivity contribution in [3.05, 3.63) is 0 Å². The fourth-order valence-corrected chi connectivity index (χ4v) is 1.41. The highest BCUT2D eigenvalue weighted by atomic mass is 79.9. The molecule has 0 fully saturated rings. The molecular formula is C8H17Br. The standard InChI is InChI=1S/C8H17Br/c1-4-7(3)6-8(9)5-2/h7-8H,4-6H2,1-3H3. The predicted octanol–water partition coefficient (Wildman–Crippen LogP) is 3.60. The maximum Gasteiger partial charge on any atom is 0.0145 e. The van der Waals surface area contributed by atoms with Crippen molar-refractivity contribution in [1.82, 2.24) is 0 Å². The van der Waals surface area contributed by atoms with Gasteiger partial charge in [-0.25, -0.2) is 0 Å². The SMILES string of the molecule is CCC(C)CC(Br)CC. The second-order valence-electron chi connectivity index (χ2n) is 2.75. The summed E-state index contributed by atoms with van der Waals surface area (Å²) < 4.78 is 0. The lowest BCUT2D eigenvalue weighted by molar-refractivity contribution is 0.503. The van der Waals surface area contributed by atoms with Crippen LogP contribution >= 0.6 is 15.9 Å². The topological polar surface area (TPSA) is 0 Å². The van der Waals surface area contributed by atoms with Crippen LogP contribution in [0.4, 0.5) is 0 Å². The van der Waals surface area contributed by atoms with Gasteiger partial charge >= 0.3 is 0 Å². The maximum absolute atomic E-state index is 3.62. The molecule has 0 bridgehead atoms. The molecule has 0 heterocycles. The first-order valence-corrected chi connectivity index (χ1v) is 4.76. The first kappa shape index (κ1) is 9.48. The fourth-order valence-electron chi connectivity index (χ4n) is 0.770. The van der Waals surface area contributed by atoms with Crippen molar-refractivity contribution in [3.63, 3.8) is 0 Å². The van der Waals surface area contributed by atoms with Gasteiger partial charge in [0.25, 0.3) is 0 Å². The Morgan fingerprint density at radius 1 is 1.22 bits per heavy atom. The lowest BCUT2D eigenvalue weighted by Gasteiger charge is -2.11. The van der Waals surface area contributed by atoms with E-state index in [0.29, 0.717) is 0 Å². The van der Waals surface area contributed by atoms with Crippen molar-refractivity contribution >= 4 is 15.9 Å². The summed E-state index contributed by atoms with van der Waals surface area (Å²) in [5.41, 5.74) is 0. The number of halogens is 1. The van der Waals surface area contributed by atoms with Crippen molar-refractivity contribution in [2.24, 2.45) is 5.92 Å². The van der Waals surface area contributed by atoms with Crippen molar-refractivity contribution < 1.29 is 0 Å². The van der Waals surface area contributed by atoms with Crippen LogP contribution in [-0.4, -0.2) is 4.83 Å². The summed E-state index contributed by atoms with van der Waals surface area (Å²) in [6.45, 7) is 6.78. The smallest absolute Gasteiger partial charge is 0.0145 e. The molecule has 0 radical (unpaired) electrons. The van der Waals surface area contributed by atoms with Gasteiger partial charge in [0, 0.05) is 4.83 Å². The Morgan fingerprint density at radius 3 is 2.11 bits per heavy atom. The zero-order valence-corrected chi connectivity index (χ0v) is 8.24. The van der Waals surface area contributed by atoms with Crippen LogP contribution in [0.15, 0.2) is 0 Å². The molecule has 0 aliphatic rings. The number of alkyl halides is 1. The minimum Gasteiger partial charge on any atom is -0.0891 e. The third-order valence-electron chi connectivity index (χ3n) is 1.80. The Bertz CT molecular complexity index is 53.6. The van der Waals surface area contributed by atoms with Gasteiger partial charge in [0.05, 0.1) is 0 Å². The van der Waals surface area contributed by atoms with E-state index in [1.54, 1.807) is 0 Å². The minimum absolute atomic E-state index is 0.743. The number of hydrogen-bond donors (Lipinski definition) is 0. The molecule has 0 amide bonds. The van der Waals surface area contributed by atoms with Crippen LogP contribution in [0.1, 0.15) is 40.0 Å². The molecule has 0 saturated carbocycles. The molecule has 0 saturated heterocycles. The molecule has 9 heavy (non-hydrogen) atoms.